The molecule has 0 unspecified atom stereocenters. The largest absolute Gasteiger partial charge is 0.507 e. The number of anilines is 3. The molecule has 1 aliphatic heterocycles. The van der Waals surface area contributed by atoms with Gasteiger partial charge in [-0.1, -0.05) is 0 Å². The molecule has 0 saturated heterocycles. The fourth-order valence-corrected chi connectivity index (χ4v) is 3.23. The first-order chi connectivity index (χ1) is 13.3. The molecule has 0 saturated carbocycles. The first-order valence-electron chi connectivity index (χ1n) is 8.53. The third kappa shape index (κ3) is 2.63. The van der Waals surface area contributed by atoms with Crippen molar-refractivity contribution in [2.24, 2.45) is 0 Å². The molecule has 2 aromatic carbocycles. The lowest BCUT2D eigenvalue weighted by Crippen LogP contribution is -2.37. The molecule has 8 nitrogen and oxygen atoms in total. The zero-order valence-corrected chi connectivity index (χ0v) is 15.0. The molecule has 0 fully saturated rings. The fourth-order valence-electron chi connectivity index (χ4n) is 3.23. The average molecular weight is 385 g/mol. The molecule has 0 bridgehead atoms. The van der Waals surface area contributed by atoms with Gasteiger partial charge in [-0.3, -0.25) is 14.4 Å². The summed E-state index contributed by atoms with van der Waals surface area (Å²) in [6.07, 6.45) is 0. The van der Waals surface area contributed by atoms with Gasteiger partial charge in [-0.25, -0.2) is 4.39 Å². The Morgan fingerprint density at radius 3 is 2.57 bits per heavy atom. The van der Waals surface area contributed by atoms with E-state index in [2.05, 4.69) is 16.0 Å². The Bertz CT molecular complexity index is 1190. The molecule has 9 heteroatoms. The van der Waals surface area contributed by atoms with E-state index < -0.39 is 28.6 Å². The molecule has 0 radical (unpaired) electrons. The van der Waals surface area contributed by atoms with Crippen LogP contribution in [0.15, 0.2) is 32.2 Å². The zero-order valence-electron chi connectivity index (χ0n) is 15.0. The van der Waals surface area contributed by atoms with E-state index in [4.69, 9.17) is 4.42 Å². The topological polar surface area (TPSA) is 121 Å². The highest BCUT2D eigenvalue weighted by Gasteiger charge is 2.31. The van der Waals surface area contributed by atoms with Crippen molar-refractivity contribution in [2.75, 3.05) is 10.6 Å². The number of rotatable bonds is 5. The Balaban J connectivity index is 1.69. The molecular formula is C19H16FN3O5. The van der Waals surface area contributed by atoms with Crippen LogP contribution in [-0.2, 0) is 6.54 Å². The van der Waals surface area contributed by atoms with Crippen molar-refractivity contribution in [1.82, 2.24) is 5.32 Å². The summed E-state index contributed by atoms with van der Waals surface area (Å²) in [5.74, 6) is -0.601. The lowest BCUT2D eigenvalue weighted by Gasteiger charge is -2.19. The third-order valence-corrected chi connectivity index (χ3v) is 4.73. The summed E-state index contributed by atoms with van der Waals surface area (Å²) in [5, 5.41) is 17.8. The van der Waals surface area contributed by atoms with Crippen molar-refractivity contribution in [3.63, 3.8) is 0 Å². The number of carbonyl (C=O) groups excluding carboxylic acids is 1. The maximum Gasteiger partial charge on any atom is 0.254 e. The second-order valence-corrected chi connectivity index (χ2v) is 6.64. The number of aryl methyl sites for hydroxylation is 1. The minimum atomic E-state index is -0.915. The SMILES string of the molecule is Cc1ccc([C@@H](C)Nc2c(Nc3c(F)cc(O)c4c3C(=O)NC4)c(=O)c2=O)o1. The van der Waals surface area contributed by atoms with Gasteiger partial charge in [0.15, 0.2) is 5.82 Å². The van der Waals surface area contributed by atoms with Crippen LogP contribution in [0, 0.1) is 12.7 Å². The van der Waals surface area contributed by atoms with Crippen molar-refractivity contribution in [2.45, 2.75) is 26.4 Å². The fraction of sp³-hybridized carbons (Fsp3) is 0.211. The van der Waals surface area contributed by atoms with Crippen LogP contribution in [-0.4, -0.2) is 11.0 Å². The molecule has 1 amide bonds. The van der Waals surface area contributed by atoms with Crippen LogP contribution < -0.4 is 26.8 Å². The molecule has 28 heavy (non-hydrogen) atoms. The summed E-state index contributed by atoms with van der Waals surface area (Å²) in [7, 11) is 0. The first kappa shape index (κ1) is 17.8. The predicted octanol–water partition coefficient (Wildman–Crippen LogP) is 2.19. The number of halogens is 1. The van der Waals surface area contributed by atoms with Crippen LogP contribution in [0.1, 0.15) is 40.4 Å². The highest BCUT2D eigenvalue weighted by molar-refractivity contribution is 6.05. The van der Waals surface area contributed by atoms with E-state index in [9.17, 15) is 23.9 Å². The second-order valence-electron chi connectivity index (χ2n) is 6.64. The van der Waals surface area contributed by atoms with Crippen molar-refractivity contribution in [3.05, 3.63) is 67.1 Å². The Hall–Kier alpha value is -3.62. The summed E-state index contributed by atoms with van der Waals surface area (Å²) in [6, 6.07) is 3.94. The van der Waals surface area contributed by atoms with Gasteiger partial charge in [0, 0.05) is 18.2 Å². The summed E-state index contributed by atoms with van der Waals surface area (Å²) >= 11 is 0. The highest BCUT2D eigenvalue weighted by atomic mass is 19.1. The molecule has 1 aromatic heterocycles. The van der Waals surface area contributed by atoms with Gasteiger partial charge >= 0.3 is 0 Å². The van der Waals surface area contributed by atoms with E-state index in [1.165, 1.54) is 0 Å². The van der Waals surface area contributed by atoms with Gasteiger partial charge < -0.3 is 25.5 Å². The molecule has 4 N–H and O–H groups in total. The Morgan fingerprint density at radius 2 is 1.89 bits per heavy atom. The number of hydrogen-bond donors (Lipinski definition) is 4. The van der Waals surface area contributed by atoms with E-state index >= 15 is 0 Å². The second kappa shape index (κ2) is 6.22. The van der Waals surface area contributed by atoms with Gasteiger partial charge in [0.05, 0.1) is 17.3 Å². The van der Waals surface area contributed by atoms with Gasteiger partial charge in [0.25, 0.3) is 16.8 Å². The number of fused-ring (bicyclic) bond motifs is 1. The number of amides is 1. The third-order valence-electron chi connectivity index (χ3n) is 4.73. The Labute approximate surface area is 157 Å². The minimum absolute atomic E-state index is 0.0221. The van der Waals surface area contributed by atoms with Crippen LogP contribution in [0.3, 0.4) is 0 Å². The van der Waals surface area contributed by atoms with Gasteiger partial charge in [0.1, 0.15) is 28.6 Å². The van der Waals surface area contributed by atoms with E-state index in [0.717, 1.165) is 6.07 Å². The maximum absolute atomic E-state index is 14.4. The van der Waals surface area contributed by atoms with Crippen LogP contribution in [0.5, 0.6) is 5.75 Å². The molecule has 144 valence electrons. The van der Waals surface area contributed by atoms with Crippen LogP contribution in [0.25, 0.3) is 0 Å². The van der Waals surface area contributed by atoms with E-state index in [1.807, 2.05) is 0 Å². The summed E-state index contributed by atoms with van der Waals surface area (Å²) < 4.78 is 19.9. The summed E-state index contributed by atoms with van der Waals surface area (Å²) in [6.45, 7) is 3.56. The van der Waals surface area contributed by atoms with Gasteiger partial charge in [0.2, 0.25) is 0 Å². The molecule has 3 aromatic rings. The standard InChI is InChI=1S/C19H16FN3O5/c1-7-3-4-12(28-7)8(2)22-15-16(18(26)17(15)25)23-14-10(20)5-11(24)9-6-21-19(27)13(9)14/h3-5,8,22-24H,6H2,1-2H3,(H,21,27)/t8-/m1/s1. The summed E-state index contributed by atoms with van der Waals surface area (Å²) in [4.78, 5) is 36.1. The lowest BCUT2D eigenvalue weighted by molar-refractivity contribution is 0.0966. The van der Waals surface area contributed by atoms with Crippen molar-refractivity contribution in [3.8, 4) is 5.75 Å². The van der Waals surface area contributed by atoms with Crippen molar-refractivity contribution < 1.29 is 18.7 Å². The van der Waals surface area contributed by atoms with Crippen LogP contribution >= 0.6 is 0 Å². The van der Waals surface area contributed by atoms with Crippen molar-refractivity contribution >= 4 is 23.0 Å². The number of nitrogens with one attached hydrogen (secondary N) is 3. The van der Waals surface area contributed by atoms with E-state index in [0.29, 0.717) is 11.5 Å². The number of furan rings is 1. The van der Waals surface area contributed by atoms with Gasteiger partial charge in [-0.15, -0.1) is 0 Å². The predicted molar refractivity (Wildman–Crippen MR) is 99.4 cm³/mol. The van der Waals surface area contributed by atoms with Crippen LogP contribution in [0.2, 0.25) is 0 Å². The highest BCUT2D eigenvalue weighted by Crippen LogP contribution is 2.36. The molecule has 2 heterocycles. The number of hydrogen-bond acceptors (Lipinski definition) is 7. The molecule has 1 aliphatic rings. The number of phenolic OH excluding ortho intramolecular Hbond substituents is 1. The number of benzene rings is 1. The minimum Gasteiger partial charge on any atom is -0.507 e. The summed E-state index contributed by atoms with van der Waals surface area (Å²) in [5.41, 5.74) is -1.88. The molecule has 0 spiro atoms. The molecule has 0 aliphatic carbocycles. The quantitative estimate of drug-likeness (QED) is 0.392. The van der Waals surface area contributed by atoms with E-state index in [1.54, 1.807) is 26.0 Å². The number of phenols is 1. The Morgan fingerprint density at radius 1 is 1.18 bits per heavy atom. The molecular weight excluding hydrogens is 369 g/mol. The lowest BCUT2D eigenvalue weighted by atomic mass is 10.0. The maximum atomic E-state index is 14.4. The number of aromatic hydroxyl groups is 1. The van der Waals surface area contributed by atoms with Crippen LogP contribution in [0.4, 0.5) is 21.5 Å². The monoisotopic (exact) mass is 385 g/mol. The Kier molecular flexibility index (Phi) is 3.95. The first-order valence-corrected chi connectivity index (χ1v) is 8.53. The van der Waals surface area contributed by atoms with Gasteiger partial charge in [-0.2, -0.15) is 0 Å². The van der Waals surface area contributed by atoms with E-state index in [-0.39, 0.29) is 40.5 Å². The normalized spacial score (nSPS) is 14.0. The van der Waals surface area contributed by atoms with Crippen molar-refractivity contribution in [1.29, 1.82) is 0 Å². The smallest absolute Gasteiger partial charge is 0.254 e. The average Bonchev–Trinajstić information content (AvgIpc) is 3.26. The zero-order chi connectivity index (χ0) is 20.2. The molecule has 4 rings (SSSR count). The molecule has 1 atom stereocenters. The number of carbonyl (C=O) groups is 1. The van der Waals surface area contributed by atoms with Gasteiger partial charge in [-0.05, 0) is 26.0 Å².